The number of hydrogen-bond donors (Lipinski definition) is 1. The van der Waals surface area contributed by atoms with Gasteiger partial charge in [-0.15, -0.1) is 0 Å². The third kappa shape index (κ3) is 3.80. The van der Waals surface area contributed by atoms with Crippen molar-refractivity contribution in [3.05, 3.63) is 27.7 Å². The maximum absolute atomic E-state index is 12.1. The summed E-state index contributed by atoms with van der Waals surface area (Å²) < 4.78 is 1.08. The Morgan fingerprint density at radius 2 is 1.89 bits per heavy atom. The quantitative estimate of drug-likeness (QED) is 0.923. The van der Waals surface area contributed by atoms with Gasteiger partial charge in [0, 0.05) is 10.2 Å². The summed E-state index contributed by atoms with van der Waals surface area (Å²) in [7, 11) is 0. The van der Waals surface area contributed by atoms with E-state index in [2.05, 4.69) is 33.1 Å². The SMILES string of the molecule is Cc1c(Br)ccc(NC(=O)CN2CCCCC2)c1C. The highest BCUT2D eigenvalue weighted by Gasteiger charge is 2.14. The Bertz CT molecular complexity index is 467. The summed E-state index contributed by atoms with van der Waals surface area (Å²) in [5, 5.41) is 3.02. The molecule has 4 heteroatoms. The van der Waals surface area contributed by atoms with Crippen molar-refractivity contribution in [2.75, 3.05) is 25.0 Å². The number of amides is 1. The molecule has 0 unspecified atom stereocenters. The van der Waals surface area contributed by atoms with Gasteiger partial charge in [-0.3, -0.25) is 9.69 Å². The fourth-order valence-corrected chi connectivity index (χ4v) is 2.86. The van der Waals surface area contributed by atoms with Crippen molar-refractivity contribution >= 4 is 27.5 Å². The van der Waals surface area contributed by atoms with Gasteiger partial charge in [0.2, 0.25) is 5.91 Å². The number of nitrogens with zero attached hydrogens (tertiary/aromatic N) is 1. The second kappa shape index (κ2) is 6.53. The van der Waals surface area contributed by atoms with Crippen molar-refractivity contribution in [3.63, 3.8) is 0 Å². The Morgan fingerprint density at radius 3 is 2.58 bits per heavy atom. The van der Waals surface area contributed by atoms with Crippen molar-refractivity contribution < 1.29 is 4.79 Å². The monoisotopic (exact) mass is 324 g/mol. The Morgan fingerprint density at radius 1 is 1.21 bits per heavy atom. The Hall–Kier alpha value is -0.870. The molecule has 0 spiro atoms. The molecule has 0 aliphatic carbocycles. The van der Waals surface area contributed by atoms with E-state index in [1.54, 1.807) is 0 Å². The topological polar surface area (TPSA) is 32.3 Å². The fourth-order valence-electron chi connectivity index (χ4n) is 2.43. The molecular formula is C15H21BrN2O. The van der Waals surface area contributed by atoms with Crippen molar-refractivity contribution in [1.29, 1.82) is 0 Å². The van der Waals surface area contributed by atoms with Crippen molar-refractivity contribution in [2.45, 2.75) is 33.1 Å². The van der Waals surface area contributed by atoms with E-state index in [9.17, 15) is 4.79 Å². The van der Waals surface area contributed by atoms with Gasteiger partial charge >= 0.3 is 0 Å². The van der Waals surface area contributed by atoms with Crippen LogP contribution in [0.15, 0.2) is 16.6 Å². The number of carbonyl (C=O) groups is 1. The van der Waals surface area contributed by atoms with Crippen LogP contribution in [0.1, 0.15) is 30.4 Å². The Balaban J connectivity index is 1.97. The van der Waals surface area contributed by atoms with Crippen LogP contribution < -0.4 is 5.32 Å². The zero-order valence-electron chi connectivity index (χ0n) is 11.6. The first-order chi connectivity index (χ1) is 9.08. The molecule has 0 atom stereocenters. The van der Waals surface area contributed by atoms with Crippen LogP contribution in [0.5, 0.6) is 0 Å². The summed E-state index contributed by atoms with van der Waals surface area (Å²) in [5.41, 5.74) is 3.22. The van der Waals surface area contributed by atoms with Gasteiger partial charge in [-0.25, -0.2) is 0 Å². The molecule has 1 heterocycles. The first-order valence-electron chi connectivity index (χ1n) is 6.86. The molecule has 1 saturated heterocycles. The maximum atomic E-state index is 12.1. The average molecular weight is 325 g/mol. The fraction of sp³-hybridized carbons (Fsp3) is 0.533. The van der Waals surface area contributed by atoms with E-state index in [-0.39, 0.29) is 5.91 Å². The molecule has 2 rings (SSSR count). The van der Waals surface area contributed by atoms with Crippen LogP contribution in [0.2, 0.25) is 0 Å². The Kier molecular flexibility index (Phi) is 4.99. The predicted molar refractivity (Wildman–Crippen MR) is 82.5 cm³/mol. The number of benzene rings is 1. The second-order valence-corrected chi connectivity index (χ2v) is 6.08. The standard InChI is InChI=1S/C15H21BrN2O/c1-11-12(2)14(7-6-13(11)16)17-15(19)10-18-8-4-3-5-9-18/h6-7H,3-5,8-10H2,1-2H3,(H,17,19). The number of anilines is 1. The highest BCUT2D eigenvalue weighted by Crippen LogP contribution is 2.25. The van der Waals surface area contributed by atoms with Crippen molar-refractivity contribution in [1.82, 2.24) is 4.90 Å². The largest absolute Gasteiger partial charge is 0.325 e. The van der Waals surface area contributed by atoms with E-state index < -0.39 is 0 Å². The van der Waals surface area contributed by atoms with Crippen LogP contribution in [0.3, 0.4) is 0 Å². The number of likely N-dealkylation sites (tertiary alicyclic amines) is 1. The van der Waals surface area contributed by atoms with E-state index in [0.717, 1.165) is 28.8 Å². The molecule has 0 aromatic heterocycles. The van der Waals surface area contributed by atoms with E-state index in [1.807, 2.05) is 19.1 Å². The van der Waals surface area contributed by atoms with E-state index >= 15 is 0 Å². The minimum absolute atomic E-state index is 0.0896. The number of hydrogen-bond acceptors (Lipinski definition) is 2. The van der Waals surface area contributed by atoms with Gasteiger partial charge < -0.3 is 5.32 Å². The molecule has 3 nitrogen and oxygen atoms in total. The molecule has 0 saturated carbocycles. The molecule has 0 bridgehead atoms. The van der Waals surface area contributed by atoms with Gasteiger partial charge in [0.25, 0.3) is 0 Å². The molecule has 1 aromatic carbocycles. The second-order valence-electron chi connectivity index (χ2n) is 5.23. The van der Waals surface area contributed by atoms with Crippen LogP contribution in [0.25, 0.3) is 0 Å². The van der Waals surface area contributed by atoms with Gasteiger partial charge in [0.15, 0.2) is 0 Å². The third-order valence-corrected chi connectivity index (χ3v) is 4.67. The molecular weight excluding hydrogens is 304 g/mol. The summed E-state index contributed by atoms with van der Waals surface area (Å²) in [5.74, 6) is 0.0896. The van der Waals surface area contributed by atoms with Gasteiger partial charge in [-0.05, 0) is 63.0 Å². The predicted octanol–water partition coefficient (Wildman–Crippen LogP) is 3.49. The van der Waals surface area contributed by atoms with Gasteiger partial charge in [-0.1, -0.05) is 22.4 Å². The molecule has 1 amide bonds. The van der Waals surface area contributed by atoms with Gasteiger partial charge in [0.05, 0.1) is 6.54 Å². The minimum Gasteiger partial charge on any atom is -0.325 e. The summed E-state index contributed by atoms with van der Waals surface area (Å²) >= 11 is 3.51. The molecule has 1 aromatic rings. The summed E-state index contributed by atoms with van der Waals surface area (Å²) in [6.07, 6.45) is 3.72. The lowest BCUT2D eigenvalue weighted by atomic mass is 10.1. The van der Waals surface area contributed by atoms with Crippen LogP contribution in [0, 0.1) is 13.8 Å². The van der Waals surface area contributed by atoms with Crippen molar-refractivity contribution in [3.8, 4) is 0 Å². The molecule has 1 N–H and O–H groups in total. The number of carbonyl (C=O) groups excluding carboxylic acids is 1. The molecule has 1 aliphatic heterocycles. The van der Waals surface area contributed by atoms with Crippen LogP contribution >= 0.6 is 15.9 Å². The first-order valence-corrected chi connectivity index (χ1v) is 7.65. The van der Waals surface area contributed by atoms with Crippen LogP contribution in [-0.2, 0) is 4.79 Å². The lowest BCUT2D eigenvalue weighted by Crippen LogP contribution is -2.36. The number of halogens is 1. The highest BCUT2D eigenvalue weighted by molar-refractivity contribution is 9.10. The summed E-state index contributed by atoms with van der Waals surface area (Å²) in [4.78, 5) is 14.3. The lowest BCUT2D eigenvalue weighted by molar-refractivity contribution is -0.117. The van der Waals surface area contributed by atoms with Crippen LogP contribution in [0.4, 0.5) is 5.69 Å². The van der Waals surface area contributed by atoms with E-state index in [1.165, 1.54) is 24.8 Å². The number of rotatable bonds is 3. The molecule has 1 fully saturated rings. The van der Waals surface area contributed by atoms with Crippen LogP contribution in [-0.4, -0.2) is 30.4 Å². The third-order valence-electron chi connectivity index (χ3n) is 3.81. The normalized spacial score (nSPS) is 16.4. The van der Waals surface area contributed by atoms with Gasteiger partial charge in [-0.2, -0.15) is 0 Å². The number of piperidine rings is 1. The smallest absolute Gasteiger partial charge is 0.238 e. The van der Waals surface area contributed by atoms with Gasteiger partial charge in [0.1, 0.15) is 0 Å². The molecule has 104 valence electrons. The van der Waals surface area contributed by atoms with E-state index in [0.29, 0.717) is 6.54 Å². The maximum Gasteiger partial charge on any atom is 0.238 e. The molecule has 1 aliphatic rings. The minimum atomic E-state index is 0.0896. The zero-order chi connectivity index (χ0) is 13.8. The zero-order valence-corrected chi connectivity index (χ0v) is 13.2. The van der Waals surface area contributed by atoms with E-state index in [4.69, 9.17) is 0 Å². The Labute approximate surface area is 123 Å². The summed E-state index contributed by atoms with van der Waals surface area (Å²) in [6.45, 7) is 6.70. The molecule has 19 heavy (non-hydrogen) atoms. The van der Waals surface area contributed by atoms with Crippen molar-refractivity contribution in [2.24, 2.45) is 0 Å². The summed E-state index contributed by atoms with van der Waals surface area (Å²) in [6, 6.07) is 3.94. The highest BCUT2D eigenvalue weighted by atomic mass is 79.9. The average Bonchev–Trinajstić information content (AvgIpc) is 2.41. The molecule has 0 radical (unpaired) electrons. The first kappa shape index (κ1) is 14.5. The number of nitrogens with one attached hydrogen (secondary N) is 1. The lowest BCUT2D eigenvalue weighted by Gasteiger charge is -2.25.